The highest BCUT2D eigenvalue weighted by Gasteiger charge is 2.35. The molecular weight excluding hydrogens is 286 g/mol. The van der Waals surface area contributed by atoms with Crippen LogP contribution in [-0.4, -0.2) is 49.1 Å². The highest BCUT2D eigenvalue weighted by Crippen LogP contribution is 2.30. The molecule has 0 aliphatic carbocycles. The van der Waals surface area contributed by atoms with Gasteiger partial charge in [0.05, 0.1) is 5.25 Å². The van der Waals surface area contributed by atoms with Crippen LogP contribution in [0.3, 0.4) is 0 Å². The Hall–Kier alpha value is -0.980. The molecule has 3 heterocycles. The highest BCUT2D eigenvalue weighted by molar-refractivity contribution is 7.89. The molecule has 0 atom stereocenters. The number of nitrogens with one attached hydrogen (secondary N) is 1. The highest BCUT2D eigenvalue weighted by atomic mass is 32.2. The van der Waals surface area contributed by atoms with E-state index in [1.807, 2.05) is 24.5 Å². The van der Waals surface area contributed by atoms with E-state index >= 15 is 0 Å². The van der Waals surface area contributed by atoms with Gasteiger partial charge < -0.3 is 5.32 Å². The monoisotopic (exact) mass is 309 g/mol. The molecule has 0 bridgehead atoms. The first-order valence-electron chi connectivity index (χ1n) is 7.77. The quantitative estimate of drug-likeness (QED) is 0.915. The number of aromatic nitrogens is 1. The summed E-state index contributed by atoms with van der Waals surface area (Å²) < 4.78 is 27.1. The SMILES string of the molecule is O=S(=O)(C1CCNCC1)N1CCC(c2ccncc2)CC1. The Morgan fingerprint density at radius 1 is 1.05 bits per heavy atom. The summed E-state index contributed by atoms with van der Waals surface area (Å²) in [7, 11) is -3.11. The van der Waals surface area contributed by atoms with Gasteiger partial charge in [-0.1, -0.05) is 0 Å². The third-order valence-corrected chi connectivity index (χ3v) is 7.10. The molecule has 0 aromatic carbocycles. The molecule has 1 aromatic heterocycles. The van der Waals surface area contributed by atoms with Crippen molar-refractivity contribution in [2.24, 2.45) is 0 Å². The van der Waals surface area contributed by atoms with Crippen LogP contribution < -0.4 is 5.32 Å². The number of piperidine rings is 2. The third kappa shape index (κ3) is 3.27. The topological polar surface area (TPSA) is 62.3 Å². The Kier molecular flexibility index (Phi) is 4.57. The molecule has 2 saturated heterocycles. The first-order valence-corrected chi connectivity index (χ1v) is 9.28. The van der Waals surface area contributed by atoms with E-state index in [2.05, 4.69) is 10.3 Å². The van der Waals surface area contributed by atoms with E-state index in [4.69, 9.17) is 0 Å². The lowest BCUT2D eigenvalue weighted by molar-refractivity contribution is 0.312. The Morgan fingerprint density at radius 2 is 1.67 bits per heavy atom. The van der Waals surface area contributed by atoms with Crippen LogP contribution in [0.1, 0.15) is 37.2 Å². The molecule has 0 radical (unpaired) electrons. The zero-order chi connectivity index (χ0) is 14.7. The molecule has 21 heavy (non-hydrogen) atoms. The summed E-state index contributed by atoms with van der Waals surface area (Å²) in [6, 6.07) is 4.09. The number of rotatable bonds is 3. The number of sulfonamides is 1. The molecule has 0 amide bonds. The van der Waals surface area contributed by atoms with Crippen molar-refractivity contribution in [2.75, 3.05) is 26.2 Å². The summed E-state index contributed by atoms with van der Waals surface area (Å²) in [5.41, 5.74) is 1.28. The van der Waals surface area contributed by atoms with Crippen molar-refractivity contribution in [3.63, 3.8) is 0 Å². The molecule has 5 nitrogen and oxygen atoms in total. The largest absolute Gasteiger partial charge is 0.317 e. The van der Waals surface area contributed by atoms with Gasteiger partial charge in [-0.3, -0.25) is 4.98 Å². The van der Waals surface area contributed by atoms with Crippen molar-refractivity contribution >= 4 is 10.0 Å². The number of pyridine rings is 1. The van der Waals surface area contributed by atoms with Gasteiger partial charge in [-0.05, 0) is 62.4 Å². The molecule has 0 spiro atoms. The van der Waals surface area contributed by atoms with Gasteiger partial charge in [0.15, 0.2) is 0 Å². The average molecular weight is 309 g/mol. The van der Waals surface area contributed by atoms with Crippen LogP contribution in [-0.2, 0) is 10.0 Å². The maximum absolute atomic E-state index is 12.7. The smallest absolute Gasteiger partial charge is 0.217 e. The zero-order valence-corrected chi connectivity index (χ0v) is 13.1. The second kappa shape index (κ2) is 6.42. The van der Waals surface area contributed by atoms with E-state index in [1.165, 1.54) is 5.56 Å². The molecule has 3 rings (SSSR count). The molecule has 2 aliphatic rings. The van der Waals surface area contributed by atoms with Gasteiger partial charge >= 0.3 is 0 Å². The molecule has 116 valence electrons. The summed E-state index contributed by atoms with van der Waals surface area (Å²) in [5, 5.41) is 3.05. The lowest BCUT2D eigenvalue weighted by Crippen LogP contribution is -2.46. The van der Waals surface area contributed by atoms with Gasteiger partial charge in [0.25, 0.3) is 0 Å². The van der Waals surface area contributed by atoms with Crippen molar-refractivity contribution in [1.29, 1.82) is 0 Å². The molecule has 1 N–H and O–H groups in total. The van der Waals surface area contributed by atoms with Gasteiger partial charge in [-0.15, -0.1) is 0 Å². The van der Waals surface area contributed by atoms with E-state index < -0.39 is 10.0 Å². The van der Waals surface area contributed by atoms with Crippen molar-refractivity contribution in [1.82, 2.24) is 14.6 Å². The molecule has 1 aromatic rings. The van der Waals surface area contributed by atoms with E-state index in [0.717, 1.165) is 38.8 Å². The second-order valence-corrected chi connectivity index (χ2v) is 8.16. The molecule has 2 fully saturated rings. The Labute approximate surface area is 126 Å². The number of hydrogen-bond donors (Lipinski definition) is 1. The van der Waals surface area contributed by atoms with Crippen molar-refractivity contribution in [3.05, 3.63) is 30.1 Å². The van der Waals surface area contributed by atoms with Gasteiger partial charge in [0.2, 0.25) is 10.0 Å². The van der Waals surface area contributed by atoms with Gasteiger partial charge in [0.1, 0.15) is 0 Å². The van der Waals surface area contributed by atoms with Crippen LogP contribution >= 0.6 is 0 Å². The molecule has 0 unspecified atom stereocenters. The van der Waals surface area contributed by atoms with Crippen molar-refractivity contribution in [2.45, 2.75) is 36.9 Å². The van der Waals surface area contributed by atoms with E-state index in [0.29, 0.717) is 19.0 Å². The second-order valence-electron chi connectivity index (χ2n) is 5.95. The van der Waals surface area contributed by atoms with E-state index in [1.54, 1.807) is 4.31 Å². The Balaban J connectivity index is 1.62. The van der Waals surface area contributed by atoms with Crippen molar-refractivity contribution < 1.29 is 8.42 Å². The van der Waals surface area contributed by atoms with Crippen LogP contribution in [0.5, 0.6) is 0 Å². The molecule has 2 aliphatic heterocycles. The average Bonchev–Trinajstić information content (AvgIpc) is 2.57. The fraction of sp³-hybridized carbons (Fsp3) is 0.667. The van der Waals surface area contributed by atoms with E-state index in [9.17, 15) is 8.42 Å². The van der Waals surface area contributed by atoms with Gasteiger partial charge in [-0.25, -0.2) is 12.7 Å². The van der Waals surface area contributed by atoms with Crippen LogP contribution in [0.4, 0.5) is 0 Å². The number of hydrogen-bond acceptors (Lipinski definition) is 4. The predicted octanol–water partition coefficient (Wildman–Crippen LogP) is 1.34. The molecule has 6 heteroatoms. The predicted molar refractivity (Wildman–Crippen MR) is 82.6 cm³/mol. The Morgan fingerprint density at radius 3 is 2.29 bits per heavy atom. The normalized spacial score (nSPS) is 23.2. The first kappa shape index (κ1) is 14.9. The lowest BCUT2D eigenvalue weighted by Gasteiger charge is -2.35. The van der Waals surface area contributed by atoms with Crippen LogP contribution in [0.15, 0.2) is 24.5 Å². The third-order valence-electron chi connectivity index (χ3n) is 4.70. The molecular formula is C15H23N3O2S. The van der Waals surface area contributed by atoms with E-state index in [-0.39, 0.29) is 5.25 Å². The fourth-order valence-electron chi connectivity index (χ4n) is 3.38. The van der Waals surface area contributed by atoms with Crippen LogP contribution in [0.2, 0.25) is 0 Å². The summed E-state index contributed by atoms with van der Waals surface area (Å²) in [6.07, 6.45) is 6.93. The maximum atomic E-state index is 12.7. The van der Waals surface area contributed by atoms with Crippen LogP contribution in [0.25, 0.3) is 0 Å². The minimum Gasteiger partial charge on any atom is -0.317 e. The summed E-state index contributed by atoms with van der Waals surface area (Å²) in [4.78, 5) is 4.04. The van der Waals surface area contributed by atoms with Crippen LogP contribution in [0, 0.1) is 0 Å². The van der Waals surface area contributed by atoms with Gasteiger partial charge in [-0.2, -0.15) is 0 Å². The van der Waals surface area contributed by atoms with Gasteiger partial charge in [0, 0.05) is 25.5 Å². The number of nitrogens with zero attached hydrogens (tertiary/aromatic N) is 2. The zero-order valence-electron chi connectivity index (χ0n) is 12.2. The Bertz CT molecular complexity index is 548. The maximum Gasteiger partial charge on any atom is 0.217 e. The first-order chi connectivity index (χ1) is 10.2. The fourth-order valence-corrected chi connectivity index (χ4v) is 5.36. The lowest BCUT2D eigenvalue weighted by atomic mass is 9.91. The van der Waals surface area contributed by atoms with Crippen molar-refractivity contribution in [3.8, 4) is 0 Å². The molecule has 0 saturated carbocycles. The summed E-state index contributed by atoms with van der Waals surface area (Å²) >= 11 is 0. The summed E-state index contributed by atoms with van der Waals surface area (Å²) in [6.45, 7) is 2.94. The standard InChI is InChI=1S/C15H23N3O2S/c19-21(20,15-3-9-17-10-4-15)18-11-5-14(6-12-18)13-1-7-16-8-2-13/h1-2,7-8,14-15,17H,3-6,9-12H2. The minimum atomic E-state index is -3.11. The summed E-state index contributed by atoms with van der Waals surface area (Å²) in [5.74, 6) is 0.465. The minimum absolute atomic E-state index is 0.184.